The van der Waals surface area contributed by atoms with E-state index in [1.54, 1.807) is 0 Å². The van der Waals surface area contributed by atoms with E-state index in [1.165, 1.54) is 51.4 Å². The van der Waals surface area contributed by atoms with Crippen molar-refractivity contribution >= 4 is 0 Å². The largest absolute Gasteiger partial charge is 0.381 e. The molecule has 0 amide bonds. The van der Waals surface area contributed by atoms with Crippen LogP contribution in [0.3, 0.4) is 0 Å². The number of rotatable bonds is 17. The van der Waals surface area contributed by atoms with Gasteiger partial charge < -0.3 is 20.7 Å². The molecule has 0 aromatic heterocycles. The molecule has 0 aliphatic rings. The second-order valence-corrected chi connectivity index (χ2v) is 6.90. The summed E-state index contributed by atoms with van der Waals surface area (Å²) in [5, 5.41) is 10.1. The molecule has 0 saturated heterocycles. The number of nitrogens with one attached hydrogen (secondary N) is 3. The first-order valence-corrected chi connectivity index (χ1v) is 9.74. The predicted molar refractivity (Wildman–Crippen MR) is 102 cm³/mol. The van der Waals surface area contributed by atoms with Crippen LogP contribution in [0.4, 0.5) is 0 Å². The highest BCUT2D eigenvalue weighted by Crippen LogP contribution is 2.11. The van der Waals surface area contributed by atoms with Crippen LogP contribution in [0.2, 0.25) is 0 Å². The molecular formula is C19H43N3O. The molecule has 0 aromatic rings. The van der Waals surface area contributed by atoms with Gasteiger partial charge in [0.25, 0.3) is 0 Å². The van der Waals surface area contributed by atoms with Crippen LogP contribution in [0.5, 0.6) is 0 Å². The highest BCUT2D eigenvalue weighted by atomic mass is 16.5. The van der Waals surface area contributed by atoms with Gasteiger partial charge in [-0.25, -0.2) is 0 Å². The summed E-state index contributed by atoms with van der Waals surface area (Å²) in [6.45, 7) is 6.24. The number of ether oxygens (including phenoxy) is 1. The van der Waals surface area contributed by atoms with Crippen molar-refractivity contribution in [3.05, 3.63) is 0 Å². The number of unbranched alkanes of at least 4 members (excludes halogenated alkanes) is 7. The lowest BCUT2D eigenvalue weighted by molar-refractivity contribution is 0.115. The summed E-state index contributed by atoms with van der Waals surface area (Å²) in [5.41, 5.74) is -0.0224. The van der Waals surface area contributed by atoms with Crippen LogP contribution in [0.1, 0.15) is 78.1 Å². The first-order valence-electron chi connectivity index (χ1n) is 9.74. The minimum Gasteiger partial charge on any atom is -0.381 e. The van der Waals surface area contributed by atoms with Gasteiger partial charge in [0.2, 0.25) is 0 Å². The molecule has 0 spiro atoms. The third-order valence-corrected chi connectivity index (χ3v) is 4.92. The summed E-state index contributed by atoms with van der Waals surface area (Å²) in [4.78, 5) is 0. The molecule has 0 heterocycles. The van der Waals surface area contributed by atoms with E-state index < -0.39 is 0 Å². The lowest BCUT2D eigenvalue weighted by Crippen LogP contribution is -2.54. The van der Waals surface area contributed by atoms with E-state index in [1.807, 2.05) is 21.1 Å². The van der Waals surface area contributed by atoms with Gasteiger partial charge in [0.1, 0.15) is 0 Å². The van der Waals surface area contributed by atoms with Gasteiger partial charge in [0, 0.05) is 19.3 Å². The van der Waals surface area contributed by atoms with Crippen LogP contribution in [0, 0.1) is 0 Å². The minimum absolute atomic E-state index is 0.0224. The topological polar surface area (TPSA) is 45.3 Å². The Balaban J connectivity index is 3.51. The molecule has 140 valence electrons. The van der Waals surface area contributed by atoms with E-state index in [2.05, 4.69) is 29.8 Å². The van der Waals surface area contributed by atoms with Crippen molar-refractivity contribution in [2.24, 2.45) is 0 Å². The van der Waals surface area contributed by atoms with Crippen molar-refractivity contribution in [3.63, 3.8) is 0 Å². The molecule has 4 nitrogen and oxygen atoms in total. The summed E-state index contributed by atoms with van der Waals surface area (Å²) >= 11 is 0. The first-order chi connectivity index (χ1) is 11.1. The van der Waals surface area contributed by atoms with Crippen LogP contribution in [-0.4, -0.2) is 46.1 Å². The lowest BCUT2D eigenvalue weighted by Gasteiger charge is -2.33. The van der Waals surface area contributed by atoms with E-state index in [-0.39, 0.29) is 5.66 Å². The maximum Gasteiger partial charge on any atom is 0.0668 e. The Morgan fingerprint density at radius 3 is 1.91 bits per heavy atom. The van der Waals surface area contributed by atoms with Crippen LogP contribution in [-0.2, 0) is 4.74 Å². The van der Waals surface area contributed by atoms with Crippen LogP contribution >= 0.6 is 0 Å². The second kappa shape index (κ2) is 15.4. The molecule has 3 N–H and O–H groups in total. The van der Waals surface area contributed by atoms with Gasteiger partial charge in [-0.05, 0) is 47.3 Å². The van der Waals surface area contributed by atoms with Crippen LogP contribution in [0.15, 0.2) is 0 Å². The molecule has 1 unspecified atom stereocenters. The molecule has 0 radical (unpaired) electrons. The SMILES string of the molecule is CCCCCCCCCCOCCC(CC(C)(NC)NC)NC. The Bertz CT molecular complexity index is 245. The minimum atomic E-state index is -0.0224. The second-order valence-electron chi connectivity index (χ2n) is 6.90. The third kappa shape index (κ3) is 12.9. The summed E-state index contributed by atoms with van der Waals surface area (Å²) in [6.07, 6.45) is 13.0. The highest BCUT2D eigenvalue weighted by Gasteiger charge is 2.23. The number of hydrogen-bond donors (Lipinski definition) is 3. The summed E-state index contributed by atoms with van der Waals surface area (Å²) in [7, 11) is 6.04. The Kier molecular flexibility index (Phi) is 15.3. The maximum absolute atomic E-state index is 5.81. The number of hydrogen-bond acceptors (Lipinski definition) is 4. The molecule has 0 aliphatic heterocycles. The fraction of sp³-hybridized carbons (Fsp3) is 1.00. The zero-order valence-electron chi connectivity index (χ0n) is 16.5. The van der Waals surface area contributed by atoms with Crippen LogP contribution in [0.25, 0.3) is 0 Å². The van der Waals surface area contributed by atoms with Crippen molar-refractivity contribution in [1.82, 2.24) is 16.0 Å². The molecule has 1 atom stereocenters. The Labute approximate surface area is 145 Å². The molecule has 0 saturated carbocycles. The smallest absolute Gasteiger partial charge is 0.0668 e. The average Bonchev–Trinajstić information content (AvgIpc) is 2.58. The van der Waals surface area contributed by atoms with Crippen LogP contribution < -0.4 is 16.0 Å². The zero-order chi connectivity index (χ0) is 17.4. The van der Waals surface area contributed by atoms with Crippen molar-refractivity contribution < 1.29 is 4.74 Å². The predicted octanol–water partition coefficient (Wildman–Crippen LogP) is 3.67. The molecule has 0 aromatic carbocycles. The third-order valence-electron chi connectivity index (χ3n) is 4.92. The molecule has 23 heavy (non-hydrogen) atoms. The maximum atomic E-state index is 5.81. The van der Waals surface area contributed by atoms with E-state index in [9.17, 15) is 0 Å². The fourth-order valence-electron chi connectivity index (χ4n) is 2.84. The van der Waals surface area contributed by atoms with Crippen molar-refractivity contribution in [3.8, 4) is 0 Å². The van der Waals surface area contributed by atoms with Gasteiger partial charge in [-0.15, -0.1) is 0 Å². The zero-order valence-corrected chi connectivity index (χ0v) is 16.5. The molecule has 0 bridgehead atoms. The quantitative estimate of drug-likeness (QED) is 0.281. The fourth-order valence-corrected chi connectivity index (χ4v) is 2.84. The Morgan fingerprint density at radius 2 is 1.39 bits per heavy atom. The molecular weight excluding hydrogens is 286 g/mol. The van der Waals surface area contributed by atoms with Gasteiger partial charge in [0.15, 0.2) is 0 Å². The van der Waals surface area contributed by atoms with E-state index in [0.717, 1.165) is 26.1 Å². The van der Waals surface area contributed by atoms with Gasteiger partial charge in [-0.3, -0.25) is 0 Å². The standard InChI is InChI=1S/C19H43N3O/c1-6-7-8-9-10-11-12-13-15-23-16-14-18(20-3)17-19(2,21-4)22-5/h18,20-22H,6-17H2,1-5H3. The summed E-state index contributed by atoms with van der Waals surface area (Å²) < 4.78 is 5.81. The monoisotopic (exact) mass is 329 g/mol. The van der Waals surface area contributed by atoms with Crippen molar-refractivity contribution in [2.45, 2.75) is 89.8 Å². The molecule has 4 heteroatoms. The summed E-state index contributed by atoms with van der Waals surface area (Å²) in [6, 6.07) is 0.471. The highest BCUT2D eigenvalue weighted by molar-refractivity contribution is 4.83. The molecule has 0 fully saturated rings. The lowest BCUT2D eigenvalue weighted by atomic mass is 10.00. The molecule has 0 rings (SSSR count). The molecule has 0 aliphatic carbocycles. The van der Waals surface area contributed by atoms with Gasteiger partial charge in [-0.1, -0.05) is 51.9 Å². The van der Waals surface area contributed by atoms with E-state index in [4.69, 9.17) is 4.74 Å². The van der Waals surface area contributed by atoms with Gasteiger partial charge in [-0.2, -0.15) is 0 Å². The Hall–Kier alpha value is -0.160. The van der Waals surface area contributed by atoms with Crippen molar-refractivity contribution in [1.29, 1.82) is 0 Å². The first kappa shape index (κ1) is 22.8. The summed E-state index contributed by atoms with van der Waals surface area (Å²) in [5.74, 6) is 0. The Morgan fingerprint density at radius 1 is 0.826 bits per heavy atom. The van der Waals surface area contributed by atoms with Crippen molar-refractivity contribution in [2.75, 3.05) is 34.4 Å². The van der Waals surface area contributed by atoms with Gasteiger partial charge in [0.05, 0.1) is 5.66 Å². The van der Waals surface area contributed by atoms with E-state index in [0.29, 0.717) is 6.04 Å². The van der Waals surface area contributed by atoms with Gasteiger partial charge >= 0.3 is 0 Å². The van der Waals surface area contributed by atoms with E-state index >= 15 is 0 Å². The average molecular weight is 330 g/mol. The normalized spacial score (nSPS) is 13.4.